The zero-order chi connectivity index (χ0) is 13.8. The minimum atomic E-state index is -0.981. The van der Waals surface area contributed by atoms with E-state index < -0.39 is 10.9 Å². The summed E-state index contributed by atoms with van der Waals surface area (Å²) in [4.78, 5) is 24.7. The molecule has 98 valence electrons. The molecule has 0 aliphatic heterocycles. The molecule has 0 aliphatic carbocycles. The average Bonchev–Trinajstić information content (AvgIpc) is 2.85. The summed E-state index contributed by atoms with van der Waals surface area (Å²) >= 11 is 0. The Morgan fingerprint density at radius 2 is 2.16 bits per heavy atom. The van der Waals surface area contributed by atoms with Crippen LogP contribution < -0.4 is 0 Å². The third-order valence-electron chi connectivity index (χ3n) is 2.36. The van der Waals surface area contributed by atoms with Gasteiger partial charge in [-0.25, -0.2) is 0 Å². The van der Waals surface area contributed by atoms with E-state index in [1.54, 1.807) is 6.07 Å². The van der Waals surface area contributed by atoms with Crippen LogP contribution in [0.4, 0.5) is 5.69 Å². The van der Waals surface area contributed by atoms with Crippen molar-refractivity contribution in [3.05, 3.63) is 40.3 Å². The van der Waals surface area contributed by atoms with E-state index in [2.05, 4.69) is 10.1 Å². The molecule has 1 aromatic carbocycles. The van der Waals surface area contributed by atoms with Crippen molar-refractivity contribution in [3.63, 3.8) is 0 Å². The monoisotopic (exact) mass is 263 g/mol. The van der Waals surface area contributed by atoms with Crippen LogP contribution in [0.1, 0.15) is 12.3 Å². The van der Waals surface area contributed by atoms with Crippen molar-refractivity contribution in [1.82, 2.24) is 10.1 Å². The number of rotatable bonds is 5. The molecule has 2 rings (SSSR count). The number of nitro groups is 1. The van der Waals surface area contributed by atoms with Gasteiger partial charge in [0, 0.05) is 12.5 Å². The summed E-state index contributed by atoms with van der Waals surface area (Å²) < 4.78 is 4.86. The van der Waals surface area contributed by atoms with Crippen molar-refractivity contribution in [2.24, 2.45) is 0 Å². The number of aliphatic carboxylic acids is 1. The van der Waals surface area contributed by atoms with E-state index in [9.17, 15) is 14.9 Å². The Morgan fingerprint density at radius 3 is 2.84 bits per heavy atom. The first-order chi connectivity index (χ1) is 9.08. The Bertz CT molecular complexity index is 622. The number of carbonyl (C=O) groups is 1. The quantitative estimate of drug-likeness (QED) is 0.643. The molecular weight excluding hydrogens is 254 g/mol. The van der Waals surface area contributed by atoms with Gasteiger partial charge in [0.1, 0.15) is 5.56 Å². The number of aryl methyl sites for hydroxylation is 1. The maximum absolute atomic E-state index is 10.9. The first-order valence-electron chi connectivity index (χ1n) is 5.36. The SMILES string of the molecule is O=C(O)CCc1nc(-c2ccccc2[N+](=O)[O-])no1. The fraction of sp³-hybridized carbons (Fsp3) is 0.182. The highest BCUT2D eigenvalue weighted by Gasteiger charge is 2.19. The Balaban J connectivity index is 2.28. The molecule has 8 nitrogen and oxygen atoms in total. The molecule has 0 bridgehead atoms. The van der Waals surface area contributed by atoms with Crippen LogP contribution in [0.5, 0.6) is 0 Å². The van der Waals surface area contributed by atoms with Gasteiger partial charge in [-0.15, -0.1) is 0 Å². The molecule has 0 aliphatic rings. The van der Waals surface area contributed by atoms with Crippen molar-refractivity contribution < 1.29 is 19.3 Å². The molecule has 0 radical (unpaired) electrons. The number of benzene rings is 1. The van der Waals surface area contributed by atoms with E-state index in [0.29, 0.717) is 0 Å². The van der Waals surface area contributed by atoms with Crippen LogP contribution in [0.25, 0.3) is 11.4 Å². The molecular formula is C11H9N3O5. The standard InChI is InChI=1S/C11H9N3O5/c15-10(16)6-5-9-12-11(13-19-9)7-3-1-2-4-8(7)14(17)18/h1-4H,5-6H2,(H,15,16). The number of aromatic nitrogens is 2. The lowest BCUT2D eigenvalue weighted by Gasteiger charge is -1.96. The zero-order valence-electron chi connectivity index (χ0n) is 9.65. The number of nitro benzene ring substituents is 1. The third-order valence-corrected chi connectivity index (χ3v) is 2.36. The number of hydrogen-bond donors (Lipinski definition) is 1. The van der Waals surface area contributed by atoms with Crippen LogP contribution >= 0.6 is 0 Å². The van der Waals surface area contributed by atoms with Crippen LogP contribution in [0.3, 0.4) is 0 Å². The maximum atomic E-state index is 10.9. The molecule has 0 spiro atoms. The Kier molecular flexibility index (Phi) is 3.51. The van der Waals surface area contributed by atoms with Gasteiger partial charge < -0.3 is 9.63 Å². The second kappa shape index (κ2) is 5.25. The van der Waals surface area contributed by atoms with Gasteiger partial charge in [-0.1, -0.05) is 17.3 Å². The average molecular weight is 263 g/mol. The lowest BCUT2D eigenvalue weighted by atomic mass is 10.2. The van der Waals surface area contributed by atoms with Gasteiger partial charge in [0.2, 0.25) is 11.7 Å². The molecule has 1 heterocycles. The predicted molar refractivity (Wildman–Crippen MR) is 62.3 cm³/mol. The molecule has 0 atom stereocenters. The fourth-order valence-corrected chi connectivity index (χ4v) is 1.50. The van der Waals surface area contributed by atoms with Gasteiger partial charge in [-0.2, -0.15) is 4.98 Å². The second-order valence-electron chi connectivity index (χ2n) is 3.68. The van der Waals surface area contributed by atoms with Crippen LogP contribution in [0.15, 0.2) is 28.8 Å². The molecule has 1 N–H and O–H groups in total. The number of nitrogens with zero attached hydrogens (tertiary/aromatic N) is 3. The van der Waals surface area contributed by atoms with Gasteiger partial charge in [0.05, 0.1) is 11.3 Å². The molecule has 0 amide bonds. The highest BCUT2D eigenvalue weighted by atomic mass is 16.6. The summed E-state index contributed by atoms with van der Waals surface area (Å²) in [5.41, 5.74) is 0.103. The summed E-state index contributed by atoms with van der Waals surface area (Å²) in [5, 5.41) is 23.0. The van der Waals surface area contributed by atoms with Crippen LogP contribution in [0.2, 0.25) is 0 Å². The molecule has 0 fully saturated rings. The van der Waals surface area contributed by atoms with Gasteiger partial charge >= 0.3 is 5.97 Å². The van der Waals surface area contributed by atoms with Gasteiger partial charge in [-0.05, 0) is 6.07 Å². The van der Waals surface area contributed by atoms with E-state index in [-0.39, 0.29) is 35.8 Å². The Labute approximate surface area is 106 Å². The maximum Gasteiger partial charge on any atom is 0.303 e. The van der Waals surface area contributed by atoms with Gasteiger partial charge in [-0.3, -0.25) is 14.9 Å². The normalized spacial score (nSPS) is 10.3. The third kappa shape index (κ3) is 2.92. The predicted octanol–water partition coefficient (Wildman–Crippen LogP) is 1.66. The first kappa shape index (κ1) is 12.7. The highest BCUT2D eigenvalue weighted by Crippen LogP contribution is 2.27. The van der Waals surface area contributed by atoms with Crippen LogP contribution in [0, 0.1) is 10.1 Å². The van der Waals surface area contributed by atoms with E-state index in [1.165, 1.54) is 18.2 Å². The molecule has 0 saturated heterocycles. The minimum absolute atomic E-state index is 0.0766. The smallest absolute Gasteiger partial charge is 0.303 e. The number of hydrogen-bond acceptors (Lipinski definition) is 6. The fourth-order valence-electron chi connectivity index (χ4n) is 1.50. The van der Waals surface area contributed by atoms with Crippen molar-refractivity contribution in [2.75, 3.05) is 0 Å². The van der Waals surface area contributed by atoms with Crippen molar-refractivity contribution >= 4 is 11.7 Å². The summed E-state index contributed by atoms with van der Waals surface area (Å²) in [6.07, 6.45) is -0.0541. The number of carboxylic acids is 1. The first-order valence-corrected chi connectivity index (χ1v) is 5.36. The molecule has 0 unspecified atom stereocenters. The summed E-state index contributed by atoms with van der Waals surface area (Å²) in [7, 11) is 0. The largest absolute Gasteiger partial charge is 0.481 e. The van der Waals surface area contributed by atoms with E-state index in [1.807, 2.05) is 0 Å². The van der Waals surface area contributed by atoms with Crippen LogP contribution in [-0.4, -0.2) is 26.1 Å². The summed E-state index contributed by atoms with van der Waals surface area (Å²) in [6, 6.07) is 6.00. The molecule has 19 heavy (non-hydrogen) atoms. The van der Waals surface area contributed by atoms with Crippen molar-refractivity contribution in [3.8, 4) is 11.4 Å². The molecule has 8 heteroatoms. The lowest BCUT2D eigenvalue weighted by molar-refractivity contribution is -0.384. The van der Waals surface area contributed by atoms with E-state index in [0.717, 1.165) is 0 Å². The van der Waals surface area contributed by atoms with Crippen molar-refractivity contribution in [1.29, 1.82) is 0 Å². The molecule has 1 aromatic heterocycles. The molecule has 0 saturated carbocycles. The lowest BCUT2D eigenvalue weighted by Crippen LogP contribution is -1.97. The van der Waals surface area contributed by atoms with Crippen molar-refractivity contribution in [2.45, 2.75) is 12.8 Å². The second-order valence-corrected chi connectivity index (χ2v) is 3.68. The van der Waals surface area contributed by atoms with Gasteiger partial charge in [0.25, 0.3) is 5.69 Å². The number of carboxylic acid groups (broad SMARTS) is 1. The minimum Gasteiger partial charge on any atom is -0.481 e. The van der Waals surface area contributed by atoms with Crippen LogP contribution in [-0.2, 0) is 11.2 Å². The van der Waals surface area contributed by atoms with E-state index in [4.69, 9.17) is 9.63 Å². The summed E-state index contributed by atoms with van der Waals surface area (Å²) in [5.74, 6) is -0.770. The number of para-hydroxylation sites is 1. The Hall–Kier alpha value is -2.77. The molecule has 2 aromatic rings. The van der Waals surface area contributed by atoms with Gasteiger partial charge in [0.15, 0.2) is 0 Å². The topological polar surface area (TPSA) is 119 Å². The Morgan fingerprint density at radius 1 is 1.42 bits per heavy atom. The van der Waals surface area contributed by atoms with E-state index >= 15 is 0 Å². The summed E-state index contributed by atoms with van der Waals surface area (Å²) in [6.45, 7) is 0. The zero-order valence-corrected chi connectivity index (χ0v) is 9.65. The highest BCUT2D eigenvalue weighted by molar-refractivity contribution is 5.68.